The first-order chi connectivity index (χ1) is 7.68. The van der Waals surface area contributed by atoms with E-state index in [-0.39, 0.29) is 11.2 Å². The second kappa shape index (κ2) is 6.46. The quantitative estimate of drug-likeness (QED) is 0.651. The van der Waals surface area contributed by atoms with Crippen LogP contribution in [0.2, 0.25) is 0 Å². The summed E-state index contributed by atoms with van der Waals surface area (Å²) < 4.78 is 13.2. The van der Waals surface area contributed by atoms with Crippen molar-refractivity contribution >= 4 is 23.2 Å². The molecular formula is C13H17Cl2F. The number of rotatable bonds is 6. The molecule has 0 N–H and O–H groups in total. The van der Waals surface area contributed by atoms with Crippen molar-refractivity contribution in [3.8, 4) is 0 Å². The van der Waals surface area contributed by atoms with E-state index in [0.29, 0.717) is 11.8 Å². The van der Waals surface area contributed by atoms with Crippen LogP contribution in [0.3, 0.4) is 0 Å². The molecule has 1 aromatic rings. The fourth-order valence-electron chi connectivity index (χ4n) is 1.80. The zero-order chi connectivity index (χ0) is 12.0. The summed E-state index contributed by atoms with van der Waals surface area (Å²) in [6, 6.07) is 6.60. The number of halogens is 3. The van der Waals surface area contributed by atoms with Crippen LogP contribution >= 0.6 is 23.2 Å². The van der Waals surface area contributed by atoms with E-state index in [9.17, 15) is 4.39 Å². The third-order valence-corrected chi connectivity index (χ3v) is 3.98. The van der Waals surface area contributed by atoms with Gasteiger partial charge in [0.15, 0.2) is 0 Å². The molecule has 0 saturated carbocycles. The third-order valence-electron chi connectivity index (χ3n) is 2.96. The lowest BCUT2D eigenvalue weighted by Crippen LogP contribution is -2.30. The van der Waals surface area contributed by atoms with E-state index in [1.54, 1.807) is 12.1 Å². The summed E-state index contributed by atoms with van der Waals surface area (Å²) in [7, 11) is 0. The summed E-state index contributed by atoms with van der Waals surface area (Å²) in [4.78, 5) is 0. The molecule has 0 radical (unpaired) electrons. The van der Waals surface area contributed by atoms with Crippen LogP contribution in [-0.2, 0) is 5.41 Å². The number of unbranched alkanes of at least 4 members (excludes halogenated alkanes) is 1. The van der Waals surface area contributed by atoms with Crippen molar-refractivity contribution in [1.29, 1.82) is 0 Å². The van der Waals surface area contributed by atoms with Crippen molar-refractivity contribution in [2.75, 3.05) is 11.8 Å². The van der Waals surface area contributed by atoms with Crippen LogP contribution < -0.4 is 0 Å². The standard InChI is InChI=1S/C13H17Cl2F/c1-2-3-7-13(9-14,10-15)11-5-4-6-12(16)8-11/h4-6,8H,2-3,7,9-10H2,1H3. The lowest BCUT2D eigenvalue weighted by atomic mass is 9.79. The number of benzene rings is 1. The van der Waals surface area contributed by atoms with Crippen LogP contribution in [-0.4, -0.2) is 11.8 Å². The smallest absolute Gasteiger partial charge is 0.123 e. The average Bonchev–Trinajstić information content (AvgIpc) is 2.31. The molecule has 0 aromatic heterocycles. The molecule has 0 aliphatic heterocycles. The van der Waals surface area contributed by atoms with Gasteiger partial charge in [-0.2, -0.15) is 0 Å². The maximum Gasteiger partial charge on any atom is 0.123 e. The Morgan fingerprint density at radius 3 is 2.44 bits per heavy atom. The van der Waals surface area contributed by atoms with E-state index < -0.39 is 0 Å². The first-order valence-electron chi connectivity index (χ1n) is 5.56. The van der Waals surface area contributed by atoms with Gasteiger partial charge in [-0.3, -0.25) is 0 Å². The Bertz CT molecular complexity index is 321. The molecule has 0 aliphatic carbocycles. The first kappa shape index (κ1) is 13.8. The highest BCUT2D eigenvalue weighted by Crippen LogP contribution is 2.33. The van der Waals surface area contributed by atoms with Gasteiger partial charge in [0.05, 0.1) is 0 Å². The van der Waals surface area contributed by atoms with Crippen LogP contribution in [0.1, 0.15) is 31.7 Å². The molecule has 90 valence electrons. The van der Waals surface area contributed by atoms with Crippen molar-refractivity contribution in [2.24, 2.45) is 0 Å². The van der Waals surface area contributed by atoms with Gasteiger partial charge < -0.3 is 0 Å². The van der Waals surface area contributed by atoms with Gasteiger partial charge in [0.25, 0.3) is 0 Å². The van der Waals surface area contributed by atoms with E-state index in [0.717, 1.165) is 24.8 Å². The second-order valence-electron chi connectivity index (χ2n) is 4.16. The van der Waals surface area contributed by atoms with Gasteiger partial charge >= 0.3 is 0 Å². The second-order valence-corrected chi connectivity index (χ2v) is 4.70. The molecule has 0 heterocycles. The maximum absolute atomic E-state index is 13.2. The summed E-state index contributed by atoms with van der Waals surface area (Å²) >= 11 is 12.1. The van der Waals surface area contributed by atoms with Crippen molar-refractivity contribution in [3.63, 3.8) is 0 Å². The summed E-state index contributed by atoms with van der Waals surface area (Å²) in [5.41, 5.74) is 0.618. The van der Waals surface area contributed by atoms with Crippen LogP contribution in [0.15, 0.2) is 24.3 Å². The Morgan fingerprint density at radius 1 is 1.25 bits per heavy atom. The molecule has 1 rings (SSSR count). The normalized spacial score (nSPS) is 11.8. The van der Waals surface area contributed by atoms with E-state index in [1.807, 2.05) is 6.07 Å². The molecule has 3 heteroatoms. The minimum Gasteiger partial charge on any atom is -0.207 e. The topological polar surface area (TPSA) is 0 Å². The highest BCUT2D eigenvalue weighted by molar-refractivity contribution is 6.22. The highest BCUT2D eigenvalue weighted by Gasteiger charge is 2.30. The number of hydrogen-bond acceptors (Lipinski definition) is 0. The van der Waals surface area contributed by atoms with E-state index >= 15 is 0 Å². The highest BCUT2D eigenvalue weighted by atomic mass is 35.5. The number of alkyl halides is 2. The van der Waals surface area contributed by atoms with Crippen molar-refractivity contribution in [2.45, 2.75) is 31.6 Å². The third kappa shape index (κ3) is 3.11. The van der Waals surface area contributed by atoms with Gasteiger partial charge in [-0.1, -0.05) is 31.9 Å². The summed E-state index contributed by atoms with van der Waals surface area (Å²) in [5.74, 6) is 0.633. The summed E-state index contributed by atoms with van der Waals surface area (Å²) in [6.45, 7) is 2.12. The molecule has 0 atom stereocenters. The molecule has 1 aromatic carbocycles. The Hall–Kier alpha value is -0.270. The average molecular weight is 263 g/mol. The van der Waals surface area contributed by atoms with Crippen molar-refractivity contribution < 1.29 is 4.39 Å². The van der Waals surface area contributed by atoms with Gasteiger partial charge in [0.1, 0.15) is 5.82 Å². The minimum atomic E-state index is -0.290. The molecule has 0 spiro atoms. The van der Waals surface area contributed by atoms with Crippen molar-refractivity contribution in [3.05, 3.63) is 35.6 Å². The van der Waals surface area contributed by atoms with Gasteiger partial charge in [-0.05, 0) is 24.1 Å². The lowest BCUT2D eigenvalue weighted by molar-refractivity contribution is 0.465. The molecule has 0 bridgehead atoms. The fourth-order valence-corrected chi connectivity index (χ4v) is 2.66. The number of hydrogen-bond donors (Lipinski definition) is 0. The van der Waals surface area contributed by atoms with Gasteiger partial charge in [0, 0.05) is 17.2 Å². The predicted molar refractivity (Wildman–Crippen MR) is 69.0 cm³/mol. The summed E-state index contributed by atoms with van der Waals surface area (Å²) in [5, 5.41) is 0. The van der Waals surface area contributed by atoms with Crippen LogP contribution in [0.5, 0.6) is 0 Å². The van der Waals surface area contributed by atoms with E-state index in [1.165, 1.54) is 6.07 Å². The molecule has 0 aliphatic rings. The first-order valence-corrected chi connectivity index (χ1v) is 6.63. The molecular weight excluding hydrogens is 246 g/mol. The van der Waals surface area contributed by atoms with E-state index in [2.05, 4.69) is 6.92 Å². The monoisotopic (exact) mass is 262 g/mol. The van der Waals surface area contributed by atoms with Gasteiger partial charge in [-0.25, -0.2) is 4.39 Å². The van der Waals surface area contributed by atoms with Crippen molar-refractivity contribution in [1.82, 2.24) is 0 Å². The molecule has 0 fully saturated rings. The van der Waals surface area contributed by atoms with Crippen LogP contribution in [0.4, 0.5) is 4.39 Å². The Kier molecular flexibility index (Phi) is 5.57. The van der Waals surface area contributed by atoms with Gasteiger partial charge in [-0.15, -0.1) is 23.2 Å². The molecule has 0 unspecified atom stereocenters. The Balaban J connectivity index is 2.99. The van der Waals surface area contributed by atoms with Gasteiger partial charge in [0.2, 0.25) is 0 Å². The zero-order valence-corrected chi connectivity index (χ0v) is 11.0. The summed E-state index contributed by atoms with van der Waals surface area (Å²) in [6.07, 6.45) is 3.04. The molecule has 0 amide bonds. The van der Waals surface area contributed by atoms with Crippen LogP contribution in [0, 0.1) is 5.82 Å². The van der Waals surface area contributed by atoms with E-state index in [4.69, 9.17) is 23.2 Å². The fraction of sp³-hybridized carbons (Fsp3) is 0.538. The van der Waals surface area contributed by atoms with Crippen LogP contribution in [0.25, 0.3) is 0 Å². The maximum atomic E-state index is 13.2. The molecule has 16 heavy (non-hydrogen) atoms. The predicted octanol–water partition coefficient (Wildman–Crippen LogP) is 4.73. The molecule has 0 saturated heterocycles. The Labute approximate surface area is 107 Å². The SMILES string of the molecule is CCCCC(CCl)(CCl)c1cccc(F)c1. The zero-order valence-electron chi connectivity index (χ0n) is 9.48. The minimum absolute atomic E-state index is 0.228. The Morgan fingerprint density at radius 2 is 1.94 bits per heavy atom. The lowest BCUT2D eigenvalue weighted by Gasteiger charge is -2.30. The largest absolute Gasteiger partial charge is 0.207 e. The molecule has 0 nitrogen and oxygen atoms in total.